The van der Waals surface area contributed by atoms with Crippen LogP contribution in [0.3, 0.4) is 0 Å². The second-order valence-corrected chi connectivity index (χ2v) is 8.63. The molecule has 2 aromatic rings. The van der Waals surface area contributed by atoms with Crippen molar-refractivity contribution in [1.82, 2.24) is 4.90 Å². The lowest BCUT2D eigenvalue weighted by Crippen LogP contribution is -2.36. The summed E-state index contributed by atoms with van der Waals surface area (Å²) in [5.74, 6) is -0.400. The molecule has 8 heteroatoms. The number of aryl methyl sites for hydroxylation is 3. The Hall–Kier alpha value is -2.77. The maximum atomic E-state index is 12.8. The number of carbonyl (C=O) groups excluding carboxylic acids is 3. The van der Waals surface area contributed by atoms with Crippen LogP contribution in [0.5, 0.6) is 5.75 Å². The largest absolute Gasteiger partial charge is 0.493 e. The van der Waals surface area contributed by atoms with E-state index < -0.39 is 17.1 Å². The van der Waals surface area contributed by atoms with Gasteiger partial charge in [0.1, 0.15) is 12.3 Å². The number of halogens is 1. The van der Waals surface area contributed by atoms with E-state index in [1.807, 2.05) is 39.8 Å². The molecule has 1 aliphatic heterocycles. The van der Waals surface area contributed by atoms with E-state index in [2.05, 4.69) is 5.32 Å². The van der Waals surface area contributed by atoms with Gasteiger partial charge in [-0.3, -0.25) is 19.3 Å². The van der Waals surface area contributed by atoms with Gasteiger partial charge in [-0.2, -0.15) is 0 Å². The molecule has 3 rings (SSSR count). The number of nitrogens with one attached hydrogen (secondary N) is 1. The summed E-state index contributed by atoms with van der Waals surface area (Å²) in [7, 11) is 0. The number of imide groups is 1. The highest BCUT2D eigenvalue weighted by Gasteiger charge is 2.36. The van der Waals surface area contributed by atoms with Gasteiger partial charge in [0.05, 0.1) is 11.5 Å². The molecule has 1 heterocycles. The lowest BCUT2D eigenvalue weighted by molar-refractivity contribution is -0.127. The molecular formula is C23H23ClN2O4S. The van der Waals surface area contributed by atoms with Gasteiger partial charge in [0, 0.05) is 16.3 Å². The molecule has 162 valence electrons. The van der Waals surface area contributed by atoms with E-state index in [-0.39, 0.29) is 11.4 Å². The zero-order valence-corrected chi connectivity index (χ0v) is 19.3. The van der Waals surface area contributed by atoms with E-state index in [0.29, 0.717) is 28.6 Å². The van der Waals surface area contributed by atoms with Gasteiger partial charge in [0.15, 0.2) is 0 Å². The van der Waals surface area contributed by atoms with Crippen molar-refractivity contribution in [2.45, 2.75) is 27.7 Å². The van der Waals surface area contributed by atoms with Gasteiger partial charge in [-0.25, -0.2) is 0 Å². The van der Waals surface area contributed by atoms with Crippen LogP contribution < -0.4 is 10.1 Å². The minimum atomic E-state index is -0.523. The fourth-order valence-electron chi connectivity index (χ4n) is 3.40. The first kappa shape index (κ1) is 22.9. The summed E-state index contributed by atoms with van der Waals surface area (Å²) in [5.41, 5.74) is 4.22. The molecule has 0 atom stereocenters. The van der Waals surface area contributed by atoms with Gasteiger partial charge in [0.25, 0.3) is 11.1 Å². The molecule has 0 radical (unpaired) electrons. The Morgan fingerprint density at radius 1 is 1.16 bits per heavy atom. The van der Waals surface area contributed by atoms with Crippen molar-refractivity contribution in [3.8, 4) is 5.75 Å². The van der Waals surface area contributed by atoms with Gasteiger partial charge >= 0.3 is 0 Å². The fourth-order valence-corrected chi connectivity index (χ4v) is 4.41. The SMILES string of the molecule is CCOc1ccc(Cl)cc1/C=C1/SC(=O)N(CC(=O)Nc2c(C)cc(C)cc2C)C1=O. The summed E-state index contributed by atoms with van der Waals surface area (Å²) < 4.78 is 5.57. The Morgan fingerprint density at radius 2 is 1.84 bits per heavy atom. The van der Waals surface area contributed by atoms with Gasteiger partial charge < -0.3 is 10.1 Å². The van der Waals surface area contributed by atoms with Gasteiger partial charge in [-0.1, -0.05) is 29.3 Å². The van der Waals surface area contributed by atoms with Crippen LogP contribution >= 0.6 is 23.4 Å². The molecule has 0 spiro atoms. The summed E-state index contributed by atoms with van der Waals surface area (Å²) in [6.07, 6.45) is 1.56. The summed E-state index contributed by atoms with van der Waals surface area (Å²) in [6, 6.07) is 8.99. The quantitative estimate of drug-likeness (QED) is 0.591. The van der Waals surface area contributed by atoms with Crippen LogP contribution in [0.4, 0.5) is 10.5 Å². The number of hydrogen-bond donors (Lipinski definition) is 1. The van der Waals surface area contributed by atoms with Gasteiger partial charge in [-0.05, 0) is 74.9 Å². The Balaban J connectivity index is 1.77. The average molecular weight is 459 g/mol. The summed E-state index contributed by atoms with van der Waals surface area (Å²) in [4.78, 5) is 38.9. The first-order valence-electron chi connectivity index (χ1n) is 9.75. The van der Waals surface area contributed by atoms with E-state index in [1.54, 1.807) is 24.3 Å². The molecule has 1 fully saturated rings. The normalized spacial score (nSPS) is 15.0. The number of carbonyl (C=O) groups is 3. The number of nitrogens with zero attached hydrogens (tertiary/aromatic N) is 1. The molecule has 31 heavy (non-hydrogen) atoms. The minimum absolute atomic E-state index is 0.212. The summed E-state index contributed by atoms with van der Waals surface area (Å²) in [5, 5.41) is 2.81. The van der Waals surface area contributed by atoms with Crippen molar-refractivity contribution in [3.05, 3.63) is 62.5 Å². The standard InChI is InChI=1S/C23H23ClN2O4S/c1-5-30-18-7-6-17(24)10-16(18)11-19-22(28)26(23(29)31-19)12-20(27)25-21-14(3)8-13(2)9-15(21)4/h6-11H,5,12H2,1-4H3,(H,25,27)/b19-11+. The molecule has 0 bridgehead atoms. The number of thioether (sulfide) groups is 1. The first-order valence-corrected chi connectivity index (χ1v) is 10.9. The molecule has 0 saturated carbocycles. The van der Waals surface area contributed by atoms with E-state index in [1.165, 1.54) is 0 Å². The number of anilines is 1. The fraction of sp³-hybridized carbons (Fsp3) is 0.261. The summed E-state index contributed by atoms with van der Waals surface area (Å²) in [6.45, 7) is 7.72. The van der Waals surface area contributed by atoms with Crippen molar-refractivity contribution >= 4 is 52.2 Å². The third-order valence-corrected chi connectivity index (χ3v) is 5.82. The lowest BCUT2D eigenvalue weighted by atomic mass is 10.1. The number of amides is 3. The maximum absolute atomic E-state index is 12.8. The van der Waals surface area contributed by atoms with Crippen LogP contribution in [0.25, 0.3) is 6.08 Å². The molecule has 0 unspecified atom stereocenters. The van der Waals surface area contributed by atoms with E-state index in [0.717, 1.165) is 33.4 Å². The zero-order chi connectivity index (χ0) is 22.7. The second kappa shape index (κ2) is 9.58. The van der Waals surface area contributed by atoms with Crippen LogP contribution in [0.15, 0.2) is 35.2 Å². The van der Waals surface area contributed by atoms with Gasteiger partial charge in [-0.15, -0.1) is 0 Å². The predicted octanol–water partition coefficient (Wildman–Crippen LogP) is 5.34. The number of benzene rings is 2. The third kappa shape index (κ3) is 5.29. The smallest absolute Gasteiger partial charge is 0.294 e. The Labute approximate surface area is 190 Å². The number of rotatable bonds is 6. The molecule has 6 nitrogen and oxygen atoms in total. The molecule has 1 saturated heterocycles. The molecule has 0 aromatic heterocycles. The van der Waals surface area contributed by atoms with Crippen molar-refractivity contribution in [2.75, 3.05) is 18.5 Å². The average Bonchev–Trinajstić information content (AvgIpc) is 2.94. The highest BCUT2D eigenvalue weighted by molar-refractivity contribution is 8.18. The maximum Gasteiger partial charge on any atom is 0.294 e. The molecule has 1 N–H and O–H groups in total. The number of hydrogen-bond acceptors (Lipinski definition) is 5. The highest BCUT2D eigenvalue weighted by Crippen LogP contribution is 2.35. The molecule has 1 aliphatic rings. The third-order valence-electron chi connectivity index (χ3n) is 4.68. The lowest BCUT2D eigenvalue weighted by Gasteiger charge is -2.16. The van der Waals surface area contributed by atoms with Crippen molar-refractivity contribution in [3.63, 3.8) is 0 Å². The molecular weight excluding hydrogens is 436 g/mol. The molecule has 0 aliphatic carbocycles. The predicted molar refractivity (Wildman–Crippen MR) is 125 cm³/mol. The van der Waals surface area contributed by atoms with Crippen LogP contribution in [-0.4, -0.2) is 35.1 Å². The monoisotopic (exact) mass is 458 g/mol. The van der Waals surface area contributed by atoms with Crippen molar-refractivity contribution in [2.24, 2.45) is 0 Å². The Kier molecular flexibility index (Phi) is 7.08. The summed E-state index contributed by atoms with van der Waals surface area (Å²) >= 11 is 6.86. The van der Waals surface area contributed by atoms with E-state index in [9.17, 15) is 14.4 Å². The van der Waals surface area contributed by atoms with Crippen LogP contribution in [-0.2, 0) is 9.59 Å². The van der Waals surface area contributed by atoms with Crippen LogP contribution in [0.1, 0.15) is 29.2 Å². The molecule has 3 amide bonds. The highest BCUT2D eigenvalue weighted by atomic mass is 35.5. The molecule has 2 aromatic carbocycles. The van der Waals surface area contributed by atoms with Crippen LogP contribution in [0, 0.1) is 20.8 Å². The first-order chi connectivity index (χ1) is 14.7. The Morgan fingerprint density at radius 3 is 2.48 bits per heavy atom. The topological polar surface area (TPSA) is 75.7 Å². The minimum Gasteiger partial charge on any atom is -0.493 e. The van der Waals surface area contributed by atoms with E-state index in [4.69, 9.17) is 16.3 Å². The van der Waals surface area contributed by atoms with Crippen molar-refractivity contribution in [1.29, 1.82) is 0 Å². The number of ether oxygens (including phenoxy) is 1. The Bertz CT molecular complexity index is 1070. The van der Waals surface area contributed by atoms with Crippen LogP contribution in [0.2, 0.25) is 5.02 Å². The zero-order valence-electron chi connectivity index (χ0n) is 17.7. The van der Waals surface area contributed by atoms with Crippen molar-refractivity contribution < 1.29 is 19.1 Å². The van der Waals surface area contributed by atoms with E-state index >= 15 is 0 Å². The van der Waals surface area contributed by atoms with Gasteiger partial charge in [0.2, 0.25) is 5.91 Å². The second-order valence-electron chi connectivity index (χ2n) is 7.20.